The second kappa shape index (κ2) is 6.97. The Morgan fingerprint density at radius 1 is 1.20 bits per heavy atom. The molecule has 0 aliphatic carbocycles. The van der Waals surface area contributed by atoms with Crippen LogP contribution in [0.1, 0.15) is 23.2 Å². The van der Waals surface area contributed by atoms with E-state index in [4.69, 9.17) is 9.47 Å². The van der Waals surface area contributed by atoms with Gasteiger partial charge in [0.25, 0.3) is 5.91 Å². The average Bonchev–Trinajstić information content (AvgIpc) is 2.53. The van der Waals surface area contributed by atoms with Gasteiger partial charge in [-0.25, -0.2) is 0 Å². The Morgan fingerprint density at radius 2 is 1.75 bits per heavy atom. The van der Waals surface area contributed by atoms with E-state index in [0.29, 0.717) is 23.0 Å². The van der Waals surface area contributed by atoms with E-state index in [1.807, 2.05) is 4.90 Å². The lowest BCUT2D eigenvalue weighted by molar-refractivity contribution is 0.0698. The van der Waals surface area contributed by atoms with Gasteiger partial charge in [0.1, 0.15) is 11.5 Å². The number of amides is 1. The van der Waals surface area contributed by atoms with Crippen molar-refractivity contribution in [2.24, 2.45) is 5.92 Å². The molecule has 4 nitrogen and oxygen atoms in total. The molecule has 0 unspecified atom stereocenters. The Hall–Kier alpha value is -1.23. The van der Waals surface area contributed by atoms with Crippen LogP contribution in [0, 0.1) is 5.92 Å². The lowest BCUT2D eigenvalue weighted by atomic mass is 9.98. The van der Waals surface area contributed by atoms with Crippen molar-refractivity contribution in [3.8, 4) is 11.5 Å². The van der Waals surface area contributed by atoms with Crippen molar-refractivity contribution >= 4 is 21.8 Å². The number of nitrogens with zero attached hydrogens (tertiary/aromatic N) is 1. The molecule has 1 heterocycles. The summed E-state index contributed by atoms with van der Waals surface area (Å²) in [5.41, 5.74) is 0.624. The first-order valence-corrected chi connectivity index (χ1v) is 7.88. The first-order chi connectivity index (χ1) is 9.67. The van der Waals surface area contributed by atoms with Crippen molar-refractivity contribution in [2.75, 3.05) is 32.6 Å². The molecule has 0 saturated carbocycles. The van der Waals surface area contributed by atoms with Gasteiger partial charge in [0, 0.05) is 30.0 Å². The third kappa shape index (κ3) is 3.45. The van der Waals surface area contributed by atoms with E-state index in [1.165, 1.54) is 0 Å². The highest BCUT2D eigenvalue weighted by Gasteiger charge is 2.23. The zero-order valence-corrected chi connectivity index (χ0v) is 13.5. The van der Waals surface area contributed by atoms with Crippen LogP contribution in [-0.2, 0) is 0 Å². The molecule has 0 atom stereocenters. The summed E-state index contributed by atoms with van der Waals surface area (Å²) in [5, 5.41) is 1.02. The predicted octanol–water partition coefficient (Wildman–Crippen LogP) is 2.95. The highest BCUT2D eigenvalue weighted by Crippen LogP contribution is 2.25. The normalized spacial score (nSPS) is 16.1. The third-order valence-electron chi connectivity index (χ3n) is 3.72. The van der Waals surface area contributed by atoms with Gasteiger partial charge in [0.2, 0.25) is 0 Å². The van der Waals surface area contributed by atoms with Gasteiger partial charge in [0.05, 0.1) is 14.2 Å². The monoisotopic (exact) mass is 341 g/mol. The van der Waals surface area contributed by atoms with Crippen LogP contribution in [0.2, 0.25) is 0 Å². The van der Waals surface area contributed by atoms with Crippen LogP contribution in [0.4, 0.5) is 0 Å². The maximum absolute atomic E-state index is 12.5. The maximum Gasteiger partial charge on any atom is 0.254 e. The second-order valence-corrected chi connectivity index (χ2v) is 5.64. The lowest BCUT2D eigenvalue weighted by Crippen LogP contribution is -2.38. The number of likely N-dealkylation sites (tertiary alicyclic amines) is 1. The fourth-order valence-electron chi connectivity index (χ4n) is 2.40. The zero-order valence-electron chi connectivity index (χ0n) is 11.9. The molecule has 1 saturated heterocycles. The van der Waals surface area contributed by atoms with Gasteiger partial charge in [-0.1, -0.05) is 15.9 Å². The standard InChI is InChI=1S/C15H20BrNO3/c1-19-13-7-12(8-14(9-13)20-2)15(18)17-5-3-11(10-16)4-6-17/h7-9,11H,3-6,10H2,1-2H3. The van der Waals surface area contributed by atoms with Gasteiger partial charge < -0.3 is 14.4 Å². The number of carbonyl (C=O) groups excluding carboxylic acids is 1. The van der Waals surface area contributed by atoms with Crippen LogP contribution in [0.15, 0.2) is 18.2 Å². The molecular weight excluding hydrogens is 322 g/mol. The number of hydrogen-bond acceptors (Lipinski definition) is 3. The molecule has 0 radical (unpaired) electrons. The molecule has 1 aromatic carbocycles. The molecule has 0 aromatic heterocycles. The number of piperidine rings is 1. The minimum absolute atomic E-state index is 0.0511. The summed E-state index contributed by atoms with van der Waals surface area (Å²) >= 11 is 3.51. The van der Waals surface area contributed by atoms with Crippen LogP contribution in [-0.4, -0.2) is 43.4 Å². The molecule has 110 valence electrons. The van der Waals surface area contributed by atoms with Crippen molar-refractivity contribution in [3.05, 3.63) is 23.8 Å². The van der Waals surface area contributed by atoms with E-state index >= 15 is 0 Å². The van der Waals surface area contributed by atoms with E-state index in [9.17, 15) is 4.79 Å². The second-order valence-electron chi connectivity index (χ2n) is 4.99. The molecule has 1 aliphatic heterocycles. The van der Waals surface area contributed by atoms with Crippen molar-refractivity contribution < 1.29 is 14.3 Å². The zero-order chi connectivity index (χ0) is 14.5. The number of ether oxygens (including phenoxy) is 2. The molecule has 5 heteroatoms. The molecule has 0 bridgehead atoms. The van der Waals surface area contributed by atoms with Gasteiger partial charge >= 0.3 is 0 Å². The van der Waals surface area contributed by atoms with Crippen molar-refractivity contribution in [3.63, 3.8) is 0 Å². The third-order valence-corrected chi connectivity index (χ3v) is 4.63. The molecule has 20 heavy (non-hydrogen) atoms. The smallest absolute Gasteiger partial charge is 0.254 e. The van der Waals surface area contributed by atoms with Crippen molar-refractivity contribution in [2.45, 2.75) is 12.8 Å². The van der Waals surface area contributed by atoms with Crippen molar-refractivity contribution in [1.82, 2.24) is 4.90 Å². The van der Waals surface area contributed by atoms with E-state index in [2.05, 4.69) is 15.9 Å². The fourth-order valence-corrected chi connectivity index (χ4v) is 3.05. The average molecular weight is 342 g/mol. The minimum Gasteiger partial charge on any atom is -0.497 e. The summed E-state index contributed by atoms with van der Waals surface area (Å²) in [4.78, 5) is 14.4. The molecular formula is C15H20BrNO3. The van der Waals surface area contributed by atoms with Gasteiger partial charge in [0.15, 0.2) is 0 Å². The Morgan fingerprint density at radius 3 is 2.20 bits per heavy atom. The quantitative estimate of drug-likeness (QED) is 0.790. The number of benzene rings is 1. The number of hydrogen-bond donors (Lipinski definition) is 0. The minimum atomic E-state index is 0.0511. The van der Waals surface area contributed by atoms with Gasteiger partial charge in [-0.05, 0) is 30.9 Å². The van der Waals surface area contributed by atoms with Crippen LogP contribution < -0.4 is 9.47 Å². The van der Waals surface area contributed by atoms with E-state index in [0.717, 1.165) is 31.3 Å². The van der Waals surface area contributed by atoms with Crippen LogP contribution >= 0.6 is 15.9 Å². The summed E-state index contributed by atoms with van der Waals surface area (Å²) in [7, 11) is 3.18. The topological polar surface area (TPSA) is 38.8 Å². The van der Waals surface area contributed by atoms with Crippen LogP contribution in [0.25, 0.3) is 0 Å². The lowest BCUT2D eigenvalue weighted by Gasteiger charge is -2.31. The van der Waals surface area contributed by atoms with Gasteiger partial charge in [-0.3, -0.25) is 4.79 Å². The number of methoxy groups -OCH3 is 2. The Bertz CT molecular complexity index is 448. The molecule has 1 aromatic rings. The predicted molar refractivity (Wildman–Crippen MR) is 82.0 cm³/mol. The van der Waals surface area contributed by atoms with E-state index < -0.39 is 0 Å². The number of carbonyl (C=O) groups is 1. The molecule has 0 N–H and O–H groups in total. The number of rotatable bonds is 4. The summed E-state index contributed by atoms with van der Waals surface area (Å²) in [5.74, 6) is 2.01. The van der Waals surface area contributed by atoms with Crippen LogP contribution in [0.3, 0.4) is 0 Å². The fraction of sp³-hybridized carbons (Fsp3) is 0.533. The maximum atomic E-state index is 12.5. The Balaban J connectivity index is 2.12. The molecule has 1 aliphatic rings. The Labute approximate surface area is 128 Å². The first kappa shape index (κ1) is 15.2. The van der Waals surface area contributed by atoms with Crippen molar-refractivity contribution in [1.29, 1.82) is 0 Å². The summed E-state index contributed by atoms with van der Waals surface area (Å²) in [6.07, 6.45) is 2.11. The van der Waals surface area contributed by atoms with Crippen LogP contribution in [0.5, 0.6) is 11.5 Å². The largest absolute Gasteiger partial charge is 0.497 e. The van der Waals surface area contributed by atoms with E-state index in [1.54, 1.807) is 32.4 Å². The Kier molecular flexibility index (Phi) is 5.29. The van der Waals surface area contributed by atoms with Gasteiger partial charge in [-0.15, -0.1) is 0 Å². The summed E-state index contributed by atoms with van der Waals surface area (Å²) in [6.45, 7) is 1.63. The SMILES string of the molecule is COc1cc(OC)cc(C(=O)N2CCC(CBr)CC2)c1. The number of alkyl halides is 1. The molecule has 1 fully saturated rings. The van der Waals surface area contributed by atoms with E-state index in [-0.39, 0.29) is 5.91 Å². The summed E-state index contributed by atoms with van der Waals surface area (Å²) < 4.78 is 10.4. The number of halogens is 1. The highest BCUT2D eigenvalue weighted by atomic mass is 79.9. The molecule has 2 rings (SSSR count). The summed E-state index contributed by atoms with van der Waals surface area (Å²) in [6, 6.07) is 5.30. The highest BCUT2D eigenvalue weighted by molar-refractivity contribution is 9.09. The first-order valence-electron chi connectivity index (χ1n) is 6.76. The van der Waals surface area contributed by atoms with Gasteiger partial charge in [-0.2, -0.15) is 0 Å². The molecule has 0 spiro atoms. The molecule has 1 amide bonds.